The molecule has 26 heteroatoms. The van der Waals surface area contributed by atoms with Crippen LogP contribution in [0.3, 0.4) is 0 Å². The van der Waals surface area contributed by atoms with Gasteiger partial charge in [-0.3, -0.25) is 44.4 Å². The maximum absolute atomic E-state index is 13.3. The Bertz CT molecular complexity index is 5550. The number of fused-ring (bicyclic) bond motifs is 4. The summed E-state index contributed by atoms with van der Waals surface area (Å²) in [6.45, 7) is 5.08. The number of carbonyl (C=O) groups is 6. The first kappa shape index (κ1) is 80.5. The smallest absolute Gasteiger partial charge is 0.335 e. The molecule has 4 aliphatic rings. The fourth-order valence-electron chi connectivity index (χ4n) is 15.5. The molecule has 17 rings (SSSR count). The molecule has 0 saturated carbocycles. The molecular formula is C91H88FN13O11S. The summed E-state index contributed by atoms with van der Waals surface area (Å²) in [5, 5.41) is 81.5. The van der Waals surface area contributed by atoms with E-state index in [1.54, 1.807) is 46.2 Å². The number of halogens is 1. The van der Waals surface area contributed by atoms with Gasteiger partial charge in [-0.15, -0.1) is 11.3 Å². The Labute approximate surface area is 678 Å². The summed E-state index contributed by atoms with van der Waals surface area (Å²) in [5.74, 6) is -2.78. The van der Waals surface area contributed by atoms with Crippen LogP contribution in [-0.4, -0.2) is 148 Å². The van der Waals surface area contributed by atoms with E-state index in [0.717, 1.165) is 123 Å². The first-order chi connectivity index (χ1) is 57.1. The van der Waals surface area contributed by atoms with E-state index in [-0.39, 0.29) is 91.0 Å². The van der Waals surface area contributed by atoms with Crippen molar-refractivity contribution in [3.63, 3.8) is 0 Å². The number of benzene rings is 8. The number of nitrogens with zero attached hydrogens (tertiary/aromatic N) is 8. The highest BCUT2D eigenvalue weighted by Gasteiger charge is 2.38. The molecule has 4 aliphatic heterocycles. The molecule has 5 amide bonds. The average molecular weight is 1590 g/mol. The number of nitrogens with one attached hydrogen (secondary N) is 5. The summed E-state index contributed by atoms with van der Waals surface area (Å²) in [4.78, 5) is 83.2. The second kappa shape index (κ2) is 37.4. The Balaban J connectivity index is 0.000000129. The summed E-state index contributed by atoms with van der Waals surface area (Å²) in [6.07, 6.45) is 1.59. The normalized spacial score (nSPS) is 13.9. The minimum Gasteiger partial charge on any atom is -0.478 e. The number of hydrogen-bond acceptors (Lipinski definition) is 15. The molecule has 0 fully saturated rings. The van der Waals surface area contributed by atoms with E-state index < -0.39 is 5.97 Å². The summed E-state index contributed by atoms with van der Waals surface area (Å²) in [5.41, 5.74) is 20.5. The molecule has 0 bridgehead atoms. The quantitative estimate of drug-likeness (QED) is 0.0284. The van der Waals surface area contributed by atoms with Gasteiger partial charge in [-0.25, -0.2) is 9.18 Å². The number of carboxylic acids is 1. The highest BCUT2D eigenvalue weighted by molar-refractivity contribution is 7.10. The topological polar surface area (TPSA) is 343 Å². The van der Waals surface area contributed by atoms with Crippen LogP contribution in [0.1, 0.15) is 133 Å². The van der Waals surface area contributed by atoms with E-state index in [2.05, 4.69) is 82.5 Å². The van der Waals surface area contributed by atoms with Crippen molar-refractivity contribution in [2.45, 2.75) is 109 Å². The van der Waals surface area contributed by atoms with E-state index in [1.165, 1.54) is 36.0 Å². The van der Waals surface area contributed by atoms with E-state index >= 15 is 0 Å². The van der Waals surface area contributed by atoms with Crippen molar-refractivity contribution in [1.29, 1.82) is 0 Å². The van der Waals surface area contributed by atoms with E-state index in [9.17, 15) is 53.6 Å². The van der Waals surface area contributed by atoms with Gasteiger partial charge >= 0.3 is 5.97 Å². The minimum absolute atomic E-state index is 0.00623. The molecule has 0 spiro atoms. The first-order valence-electron chi connectivity index (χ1n) is 38.7. The van der Waals surface area contributed by atoms with Crippen LogP contribution >= 0.6 is 11.3 Å². The summed E-state index contributed by atoms with van der Waals surface area (Å²) in [7, 11) is 0. The molecule has 0 aliphatic carbocycles. The number of aromatic nitrogens is 8. The lowest BCUT2D eigenvalue weighted by Gasteiger charge is -2.23. The molecule has 8 aromatic carbocycles. The van der Waals surface area contributed by atoms with Gasteiger partial charge in [-0.2, -0.15) is 20.4 Å². The molecule has 4 atom stereocenters. The van der Waals surface area contributed by atoms with Crippen molar-refractivity contribution in [1.82, 2.24) is 60.4 Å². The van der Waals surface area contributed by atoms with Gasteiger partial charge < -0.3 is 50.4 Å². The predicted molar refractivity (Wildman–Crippen MR) is 441 cm³/mol. The molecule has 4 unspecified atom stereocenters. The molecular weight excluding hydrogens is 1500 g/mol. The molecule has 24 nitrogen and oxygen atoms in total. The second-order valence-electron chi connectivity index (χ2n) is 29.0. The van der Waals surface area contributed by atoms with Gasteiger partial charge in [-0.05, 0) is 113 Å². The Morgan fingerprint density at radius 1 is 0.376 bits per heavy atom. The Kier molecular flexibility index (Phi) is 25.8. The van der Waals surface area contributed by atoms with E-state index in [0.29, 0.717) is 78.0 Å². The van der Waals surface area contributed by atoms with Crippen molar-refractivity contribution in [2.24, 2.45) is 0 Å². The molecule has 0 saturated heterocycles. The number of H-pyrrole nitrogens is 4. The lowest BCUT2D eigenvalue weighted by Crippen LogP contribution is -2.31. The van der Waals surface area contributed by atoms with Crippen molar-refractivity contribution in [3.05, 3.63) is 314 Å². The largest absolute Gasteiger partial charge is 0.478 e. The molecule has 596 valence electrons. The molecule has 13 aromatic rings. The third-order valence-electron chi connectivity index (χ3n) is 21.5. The maximum atomic E-state index is 13.3. The van der Waals surface area contributed by atoms with Crippen LogP contribution in [0.2, 0.25) is 0 Å². The number of carboxylic acid groups (broad SMARTS) is 1. The maximum Gasteiger partial charge on any atom is 0.335 e. The van der Waals surface area contributed by atoms with Gasteiger partial charge in [-0.1, -0.05) is 176 Å². The van der Waals surface area contributed by atoms with Crippen LogP contribution in [0.25, 0.3) is 56.2 Å². The fourth-order valence-corrected chi connectivity index (χ4v) is 16.4. The first-order valence-corrected chi connectivity index (χ1v) is 39.6. The Morgan fingerprint density at radius 3 is 1.00 bits per heavy atom. The molecule has 5 aromatic heterocycles. The Morgan fingerprint density at radius 2 is 0.675 bits per heavy atom. The standard InChI is InChI=1S/C27H25N3O2.C23H24N4O3.C21H20FN3O2.C20H19N3O4S/c31-16-15-23(21-9-5-2-6-10-21)27(32)30-17-24-25(18-30)28-29-26(24)22-13-11-20(12-14-22)19-7-3-1-4-8-19;1-15(29)24-18-9-7-17(8-10-18)22-20-13-27(14-21(20)25-26-22)23(30)19(11-12-28)16-5-3-2-4-6-16;22-16-8-6-15(7-9-16)20-18-12-25(13-19(18)23-24-20)21(27)17(10-11-26)14-4-2-1-3-5-14;24-8-7-14(17-2-1-9-28-17)19(25)23-10-15-16(11-23)21-22-18(15)12-3-5-13(6-4-12)20(26)27/h1-14,23,31H,15-18H2,(H,28,29);2-10,19,28H,11-14H2,1H3,(H,24,29)(H,25,26);1-9,17,26H,10-13H2,(H,23,24);1-6,9,14,24H,7-8,10-11H2,(H,21,22)(H,26,27). The third-order valence-corrected chi connectivity index (χ3v) is 22.5. The van der Waals surface area contributed by atoms with Crippen molar-refractivity contribution < 1.29 is 58.7 Å². The zero-order valence-electron chi connectivity index (χ0n) is 64.2. The fraction of sp³-hybridized carbons (Fsp3) is 0.231. The van der Waals surface area contributed by atoms with Crippen molar-refractivity contribution in [3.8, 4) is 56.2 Å². The number of aliphatic hydroxyl groups excluding tert-OH is 4. The van der Waals surface area contributed by atoms with Crippen LogP contribution in [0.5, 0.6) is 0 Å². The average Bonchev–Trinajstić information content (AvgIpc) is 1.65. The van der Waals surface area contributed by atoms with Gasteiger partial charge in [0, 0.05) is 88.4 Å². The number of aromatic carboxylic acids is 1. The van der Waals surface area contributed by atoms with Gasteiger partial charge in [0.15, 0.2) is 0 Å². The third kappa shape index (κ3) is 18.5. The number of rotatable bonds is 23. The minimum atomic E-state index is -0.973. The van der Waals surface area contributed by atoms with Crippen LogP contribution in [-0.2, 0) is 76.3 Å². The van der Waals surface area contributed by atoms with Crippen LogP contribution in [0.15, 0.2) is 236 Å². The molecule has 10 N–H and O–H groups in total. The monoisotopic (exact) mass is 1590 g/mol. The van der Waals surface area contributed by atoms with Crippen LogP contribution in [0, 0.1) is 5.82 Å². The predicted octanol–water partition coefficient (Wildman–Crippen LogP) is 13.9. The van der Waals surface area contributed by atoms with E-state index in [1.807, 2.05) is 161 Å². The van der Waals surface area contributed by atoms with Crippen molar-refractivity contribution >= 4 is 52.5 Å². The SMILES string of the molecule is CC(=O)Nc1ccc(-c2n[nH]c3c2CN(C(=O)C(CCO)c2ccccc2)C3)cc1.O=C(C(CCO)c1ccccc1)N1Cc2[nH]nc(-c3ccc(-c4ccccc4)cc3)c2C1.O=C(C(CCO)c1ccccc1)N1Cc2[nH]nc(-c3ccc(F)cc3)c2C1.O=C(O)c1ccc(-c2n[nH]c3c2CN(C(=O)C(CCO)c2cccs2)C3)cc1. The number of aliphatic hydroxyl groups is 4. The van der Waals surface area contributed by atoms with E-state index in [4.69, 9.17) is 5.11 Å². The second-order valence-corrected chi connectivity index (χ2v) is 30.0. The number of carbonyl (C=O) groups excluding carboxylic acids is 5. The number of aromatic amines is 4. The summed E-state index contributed by atoms with van der Waals surface area (Å²) in [6, 6.07) is 71.6. The lowest BCUT2D eigenvalue weighted by atomic mass is 9.94. The van der Waals surface area contributed by atoms with Crippen molar-refractivity contribution in [2.75, 3.05) is 31.7 Å². The number of hydrogen-bond donors (Lipinski definition) is 10. The van der Waals surface area contributed by atoms with Gasteiger partial charge in [0.1, 0.15) is 5.82 Å². The van der Waals surface area contributed by atoms with Crippen LogP contribution < -0.4 is 5.32 Å². The van der Waals surface area contributed by atoms with Gasteiger partial charge in [0.2, 0.25) is 29.5 Å². The lowest BCUT2D eigenvalue weighted by molar-refractivity contribution is -0.134. The molecule has 9 heterocycles. The van der Waals surface area contributed by atoms with Gasteiger partial charge in [0.25, 0.3) is 0 Å². The van der Waals surface area contributed by atoms with Gasteiger partial charge in [0.05, 0.1) is 127 Å². The van der Waals surface area contributed by atoms with Crippen LogP contribution in [0.4, 0.5) is 10.1 Å². The highest BCUT2D eigenvalue weighted by atomic mass is 32.1. The Hall–Kier alpha value is -13.1. The number of amides is 5. The summed E-state index contributed by atoms with van der Waals surface area (Å²) >= 11 is 1.52. The highest BCUT2D eigenvalue weighted by Crippen LogP contribution is 2.40. The zero-order chi connectivity index (χ0) is 81.5. The molecule has 117 heavy (non-hydrogen) atoms. The number of thiophene rings is 1. The summed E-state index contributed by atoms with van der Waals surface area (Å²) < 4.78 is 13.2. The number of anilines is 1. The zero-order valence-corrected chi connectivity index (χ0v) is 65.0. The molecule has 0 radical (unpaired) electrons.